The van der Waals surface area contributed by atoms with Crippen molar-refractivity contribution in [3.05, 3.63) is 60.4 Å². The second kappa shape index (κ2) is 8.26. The third-order valence-electron chi connectivity index (χ3n) is 3.85. The fourth-order valence-corrected chi connectivity index (χ4v) is 2.54. The third kappa shape index (κ3) is 4.32. The van der Waals surface area contributed by atoms with Crippen LogP contribution in [0.3, 0.4) is 0 Å². The molecule has 1 aromatic carbocycles. The van der Waals surface area contributed by atoms with Gasteiger partial charge in [-0.15, -0.1) is 10.2 Å². The summed E-state index contributed by atoms with van der Waals surface area (Å²) in [5.41, 5.74) is 1.17. The predicted molar refractivity (Wildman–Crippen MR) is 103 cm³/mol. The average molecular weight is 405 g/mol. The minimum atomic E-state index is -0.426. The van der Waals surface area contributed by atoms with E-state index in [1.165, 1.54) is 18.6 Å². The van der Waals surface area contributed by atoms with Crippen LogP contribution >= 0.6 is 0 Å². The standard InChI is InChI=1S/C18H15N9O3/c1-11-8-15(25-30-11)22-16(28)10-27-24-17(23-26-27)12-4-2-3-5-13(12)21-18(29)14-9-19-6-7-20-14/h2-9H,10H2,1H3,(H,21,29)(H,22,25,28). The van der Waals surface area contributed by atoms with Crippen molar-refractivity contribution < 1.29 is 14.1 Å². The molecule has 3 heterocycles. The number of hydrogen-bond acceptors (Lipinski definition) is 9. The lowest BCUT2D eigenvalue weighted by Crippen LogP contribution is -2.20. The van der Waals surface area contributed by atoms with Crippen molar-refractivity contribution in [2.45, 2.75) is 13.5 Å². The molecule has 0 aliphatic heterocycles. The predicted octanol–water partition coefficient (Wildman–Crippen LogP) is 1.32. The van der Waals surface area contributed by atoms with Crippen molar-refractivity contribution >= 4 is 23.3 Å². The van der Waals surface area contributed by atoms with Gasteiger partial charge in [0.05, 0.1) is 11.9 Å². The number of amides is 2. The summed E-state index contributed by atoms with van der Waals surface area (Å²) in [4.78, 5) is 33.5. The summed E-state index contributed by atoms with van der Waals surface area (Å²) < 4.78 is 4.90. The third-order valence-corrected chi connectivity index (χ3v) is 3.85. The molecule has 0 unspecified atom stereocenters. The number of nitrogens with one attached hydrogen (secondary N) is 2. The Kier molecular flexibility index (Phi) is 5.19. The first-order valence-electron chi connectivity index (χ1n) is 8.76. The monoisotopic (exact) mass is 405 g/mol. The van der Waals surface area contributed by atoms with Crippen LogP contribution in [0.5, 0.6) is 0 Å². The summed E-state index contributed by atoms with van der Waals surface area (Å²) in [6, 6.07) is 8.55. The van der Waals surface area contributed by atoms with Crippen molar-refractivity contribution in [3.63, 3.8) is 0 Å². The fraction of sp³-hybridized carbons (Fsp3) is 0.111. The average Bonchev–Trinajstić information content (AvgIpc) is 3.37. The van der Waals surface area contributed by atoms with Gasteiger partial charge in [-0.3, -0.25) is 14.6 Å². The van der Waals surface area contributed by atoms with Crippen molar-refractivity contribution in [1.29, 1.82) is 0 Å². The van der Waals surface area contributed by atoms with Gasteiger partial charge in [0.15, 0.2) is 5.82 Å². The van der Waals surface area contributed by atoms with Crippen LogP contribution < -0.4 is 10.6 Å². The molecule has 4 rings (SSSR count). The minimum Gasteiger partial charge on any atom is -0.360 e. The lowest BCUT2D eigenvalue weighted by atomic mass is 10.1. The van der Waals surface area contributed by atoms with E-state index in [-0.39, 0.29) is 18.1 Å². The molecule has 0 atom stereocenters. The number of aryl methyl sites for hydroxylation is 1. The van der Waals surface area contributed by atoms with Crippen molar-refractivity contribution in [2.24, 2.45) is 0 Å². The molecule has 0 aliphatic rings. The quantitative estimate of drug-likeness (QED) is 0.483. The Morgan fingerprint density at radius 1 is 1.17 bits per heavy atom. The summed E-state index contributed by atoms with van der Waals surface area (Å²) in [6.45, 7) is 1.54. The molecule has 30 heavy (non-hydrogen) atoms. The van der Waals surface area contributed by atoms with Gasteiger partial charge in [-0.05, 0) is 24.3 Å². The van der Waals surface area contributed by atoms with E-state index in [1.807, 2.05) is 0 Å². The molecular weight excluding hydrogens is 390 g/mol. The molecule has 4 aromatic rings. The summed E-state index contributed by atoms with van der Waals surface area (Å²) in [5, 5.41) is 21.1. The number of nitrogens with zero attached hydrogens (tertiary/aromatic N) is 7. The number of carbonyl (C=O) groups is 2. The van der Waals surface area contributed by atoms with Gasteiger partial charge in [-0.1, -0.05) is 17.3 Å². The van der Waals surface area contributed by atoms with Crippen molar-refractivity contribution in [1.82, 2.24) is 35.3 Å². The van der Waals surface area contributed by atoms with Crippen LogP contribution in [0.15, 0.2) is 53.4 Å². The zero-order valence-electron chi connectivity index (χ0n) is 15.7. The molecule has 12 nitrogen and oxygen atoms in total. The fourth-order valence-electron chi connectivity index (χ4n) is 2.54. The number of tetrazole rings is 1. The summed E-state index contributed by atoms with van der Waals surface area (Å²) in [6.07, 6.45) is 4.27. The smallest absolute Gasteiger partial charge is 0.275 e. The van der Waals surface area contributed by atoms with E-state index in [2.05, 4.69) is 41.2 Å². The number of benzene rings is 1. The van der Waals surface area contributed by atoms with E-state index in [1.54, 1.807) is 37.3 Å². The van der Waals surface area contributed by atoms with Crippen LogP contribution in [-0.4, -0.2) is 47.1 Å². The SMILES string of the molecule is Cc1cc(NC(=O)Cn2nnc(-c3ccccc3NC(=O)c3cnccn3)n2)no1. The number of para-hydroxylation sites is 1. The molecule has 12 heteroatoms. The number of rotatable bonds is 6. The maximum absolute atomic E-state index is 12.4. The lowest BCUT2D eigenvalue weighted by Gasteiger charge is -2.07. The van der Waals surface area contributed by atoms with Gasteiger partial charge >= 0.3 is 0 Å². The molecule has 0 saturated heterocycles. The molecule has 0 bridgehead atoms. The van der Waals surface area contributed by atoms with Gasteiger partial charge < -0.3 is 15.2 Å². The highest BCUT2D eigenvalue weighted by Crippen LogP contribution is 2.24. The van der Waals surface area contributed by atoms with Crippen molar-refractivity contribution in [2.75, 3.05) is 10.6 Å². The Morgan fingerprint density at radius 2 is 2.03 bits per heavy atom. The molecule has 0 spiro atoms. The lowest BCUT2D eigenvalue weighted by molar-refractivity contribution is -0.117. The topological polar surface area (TPSA) is 154 Å². The van der Waals surface area contributed by atoms with Crippen LogP contribution in [0.4, 0.5) is 11.5 Å². The largest absolute Gasteiger partial charge is 0.360 e. The molecule has 0 saturated carbocycles. The highest BCUT2D eigenvalue weighted by atomic mass is 16.5. The normalized spacial score (nSPS) is 10.6. The van der Waals surface area contributed by atoms with E-state index >= 15 is 0 Å². The minimum absolute atomic E-state index is 0.170. The van der Waals surface area contributed by atoms with E-state index in [4.69, 9.17) is 4.52 Å². The summed E-state index contributed by atoms with van der Waals surface area (Å²) in [7, 11) is 0. The van der Waals surface area contributed by atoms with E-state index in [9.17, 15) is 9.59 Å². The van der Waals surface area contributed by atoms with E-state index in [0.717, 1.165) is 4.80 Å². The highest BCUT2D eigenvalue weighted by molar-refractivity contribution is 6.04. The zero-order chi connectivity index (χ0) is 20.9. The number of anilines is 2. The molecule has 0 fully saturated rings. The Hall–Kier alpha value is -4.48. The second-order valence-electron chi connectivity index (χ2n) is 6.10. The van der Waals surface area contributed by atoms with Crippen LogP contribution in [0, 0.1) is 6.92 Å². The van der Waals surface area contributed by atoms with Crippen molar-refractivity contribution in [3.8, 4) is 11.4 Å². The number of aromatic nitrogens is 7. The molecular formula is C18H15N9O3. The zero-order valence-corrected chi connectivity index (χ0v) is 15.7. The molecule has 0 radical (unpaired) electrons. The Balaban J connectivity index is 1.48. The first-order valence-corrected chi connectivity index (χ1v) is 8.76. The van der Waals surface area contributed by atoms with Gasteiger partial charge in [0.1, 0.15) is 18.0 Å². The second-order valence-corrected chi connectivity index (χ2v) is 6.10. The van der Waals surface area contributed by atoms with Gasteiger partial charge in [-0.25, -0.2) is 4.98 Å². The number of hydrogen-bond donors (Lipinski definition) is 2. The summed E-state index contributed by atoms with van der Waals surface area (Å²) >= 11 is 0. The summed E-state index contributed by atoms with van der Waals surface area (Å²) in [5.74, 6) is 0.304. The van der Waals surface area contributed by atoms with Crippen LogP contribution in [-0.2, 0) is 11.3 Å². The molecule has 3 aromatic heterocycles. The van der Waals surface area contributed by atoms with Crippen LogP contribution in [0.2, 0.25) is 0 Å². The Bertz CT molecular complexity index is 1190. The van der Waals surface area contributed by atoms with E-state index in [0.29, 0.717) is 22.8 Å². The van der Waals surface area contributed by atoms with Crippen LogP contribution in [0.25, 0.3) is 11.4 Å². The molecule has 0 aliphatic carbocycles. The van der Waals surface area contributed by atoms with E-state index < -0.39 is 11.8 Å². The first-order chi connectivity index (χ1) is 14.6. The van der Waals surface area contributed by atoms with Crippen LogP contribution in [0.1, 0.15) is 16.2 Å². The number of carbonyl (C=O) groups excluding carboxylic acids is 2. The van der Waals surface area contributed by atoms with Gasteiger partial charge in [0.25, 0.3) is 5.91 Å². The highest BCUT2D eigenvalue weighted by Gasteiger charge is 2.16. The van der Waals surface area contributed by atoms with Gasteiger partial charge in [0.2, 0.25) is 11.7 Å². The molecule has 2 amide bonds. The molecule has 150 valence electrons. The Labute approximate surface area is 169 Å². The maximum Gasteiger partial charge on any atom is 0.275 e. The first kappa shape index (κ1) is 18.9. The van der Waals surface area contributed by atoms with Gasteiger partial charge in [0, 0.05) is 24.0 Å². The maximum atomic E-state index is 12.4. The molecule has 2 N–H and O–H groups in total. The van der Waals surface area contributed by atoms with Gasteiger partial charge in [-0.2, -0.15) is 4.80 Å². The Morgan fingerprint density at radius 3 is 2.80 bits per heavy atom.